The number of aryl methyl sites for hydroxylation is 1. The molecule has 6 heteroatoms. The lowest BCUT2D eigenvalue weighted by Crippen LogP contribution is -2.38. The fraction of sp³-hybridized carbons (Fsp3) is 0.348. The molecule has 0 amide bonds. The number of anilines is 2. The number of nitrogens with one attached hydrogen (secondary N) is 2. The summed E-state index contributed by atoms with van der Waals surface area (Å²) in [5, 5.41) is 6.92. The molecule has 1 aromatic carbocycles. The molecule has 0 atom stereocenters. The number of nitrogens with zero attached hydrogens (tertiary/aromatic N) is 4. The van der Waals surface area contributed by atoms with Gasteiger partial charge in [0.1, 0.15) is 5.82 Å². The van der Waals surface area contributed by atoms with Crippen LogP contribution in [-0.4, -0.2) is 39.0 Å². The molecule has 2 N–H and O–H groups in total. The molecule has 0 radical (unpaired) electrons. The first kappa shape index (κ1) is 19.3. The highest BCUT2D eigenvalue weighted by molar-refractivity contribution is 5.43. The number of aromatic nitrogens is 3. The Balaban J connectivity index is 1.30. The van der Waals surface area contributed by atoms with E-state index < -0.39 is 0 Å². The van der Waals surface area contributed by atoms with Gasteiger partial charge in [0.05, 0.1) is 0 Å². The summed E-state index contributed by atoms with van der Waals surface area (Å²) < 4.78 is 0. The Morgan fingerprint density at radius 3 is 2.55 bits per heavy atom. The van der Waals surface area contributed by atoms with Crippen LogP contribution in [0.5, 0.6) is 0 Å². The maximum absolute atomic E-state index is 4.66. The van der Waals surface area contributed by atoms with Gasteiger partial charge >= 0.3 is 0 Å². The summed E-state index contributed by atoms with van der Waals surface area (Å²) >= 11 is 0. The predicted octanol–water partition coefficient (Wildman–Crippen LogP) is 3.87. The van der Waals surface area contributed by atoms with Crippen molar-refractivity contribution in [1.82, 2.24) is 19.9 Å². The average molecular weight is 389 g/mol. The lowest BCUT2D eigenvalue weighted by atomic mass is 10.0. The van der Waals surface area contributed by atoms with Crippen LogP contribution in [0.2, 0.25) is 0 Å². The topological polar surface area (TPSA) is 66.0 Å². The van der Waals surface area contributed by atoms with Crippen LogP contribution in [0.25, 0.3) is 0 Å². The van der Waals surface area contributed by atoms with Crippen molar-refractivity contribution in [1.29, 1.82) is 0 Å². The van der Waals surface area contributed by atoms with Gasteiger partial charge in [0.25, 0.3) is 0 Å². The Labute approximate surface area is 172 Å². The van der Waals surface area contributed by atoms with Crippen LogP contribution in [0.1, 0.15) is 29.7 Å². The quantitative estimate of drug-likeness (QED) is 0.641. The lowest BCUT2D eigenvalue weighted by Gasteiger charge is -2.32. The zero-order chi connectivity index (χ0) is 19.9. The van der Waals surface area contributed by atoms with E-state index in [-0.39, 0.29) is 0 Å². The SMILES string of the molecule is Cc1cc(NC2CCN(Cc3ccccc3)CC2)nc(NCc2cccnc2)n1. The normalized spacial score (nSPS) is 15.2. The van der Waals surface area contributed by atoms with Crippen molar-refractivity contribution in [3.05, 3.63) is 77.7 Å². The molecule has 1 aliphatic heterocycles. The number of benzene rings is 1. The minimum Gasteiger partial charge on any atom is -0.367 e. The molecule has 4 rings (SSSR count). The molecule has 0 bridgehead atoms. The molecular weight excluding hydrogens is 360 g/mol. The van der Waals surface area contributed by atoms with Crippen molar-refractivity contribution in [3.8, 4) is 0 Å². The fourth-order valence-electron chi connectivity index (χ4n) is 3.69. The first-order valence-electron chi connectivity index (χ1n) is 10.3. The van der Waals surface area contributed by atoms with Gasteiger partial charge < -0.3 is 10.6 Å². The smallest absolute Gasteiger partial charge is 0.225 e. The van der Waals surface area contributed by atoms with Crippen LogP contribution in [0.15, 0.2) is 60.9 Å². The Morgan fingerprint density at radius 2 is 1.79 bits per heavy atom. The molecule has 3 heterocycles. The standard InChI is InChI=1S/C23H28N6/c1-18-14-22(28-23(26-18)25-16-20-8-5-11-24-15-20)27-21-9-12-29(13-10-21)17-19-6-3-2-4-7-19/h2-8,11,14-15,21H,9-10,12-13,16-17H2,1H3,(H2,25,26,27,28). The first-order valence-corrected chi connectivity index (χ1v) is 10.3. The van der Waals surface area contributed by atoms with E-state index in [4.69, 9.17) is 0 Å². The average Bonchev–Trinajstić information content (AvgIpc) is 2.75. The molecule has 0 saturated carbocycles. The van der Waals surface area contributed by atoms with Gasteiger partial charge in [-0.1, -0.05) is 36.4 Å². The van der Waals surface area contributed by atoms with Crippen molar-refractivity contribution in [2.75, 3.05) is 23.7 Å². The van der Waals surface area contributed by atoms with Crippen molar-refractivity contribution in [3.63, 3.8) is 0 Å². The van der Waals surface area contributed by atoms with Gasteiger partial charge in [-0.2, -0.15) is 4.98 Å². The molecule has 1 saturated heterocycles. The van der Waals surface area contributed by atoms with Gasteiger partial charge in [-0.3, -0.25) is 9.88 Å². The molecule has 0 unspecified atom stereocenters. The minimum absolute atomic E-state index is 0.447. The third-order valence-corrected chi connectivity index (χ3v) is 5.22. The summed E-state index contributed by atoms with van der Waals surface area (Å²) in [6, 6.07) is 17.1. The van der Waals surface area contributed by atoms with Gasteiger partial charge in [-0.25, -0.2) is 4.98 Å². The number of likely N-dealkylation sites (tertiary alicyclic amines) is 1. The van der Waals surface area contributed by atoms with E-state index in [9.17, 15) is 0 Å². The van der Waals surface area contributed by atoms with Crippen LogP contribution in [0.3, 0.4) is 0 Å². The zero-order valence-electron chi connectivity index (χ0n) is 16.9. The Bertz CT molecular complexity index is 892. The monoisotopic (exact) mass is 388 g/mol. The van der Waals surface area contributed by atoms with Crippen LogP contribution in [0.4, 0.5) is 11.8 Å². The van der Waals surface area contributed by atoms with Crippen LogP contribution in [-0.2, 0) is 13.1 Å². The zero-order valence-corrected chi connectivity index (χ0v) is 16.9. The van der Waals surface area contributed by atoms with Crippen molar-refractivity contribution < 1.29 is 0 Å². The van der Waals surface area contributed by atoms with Gasteiger partial charge in [-0.05, 0) is 37.0 Å². The molecule has 2 aromatic heterocycles. The van der Waals surface area contributed by atoms with Gasteiger partial charge in [0, 0.05) is 56.4 Å². The number of hydrogen-bond donors (Lipinski definition) is 2. The maximum Gasteiger partial charge on any atom is 0.225 e. The number of pyridine rings is 1. The molecule has 6 nitrogen and oxygen atoms in total. The lowest BCUT2D eigenvalue weighted by molar-refractivity contribution is 0.211. The Hall–Kier alpha value is -2.99. The largest absolute Gasteiger partial charge is 0.367 e. The second-order valence-electron chi connectivity index (χ2n) is 7.61. The summed E-state index contributed by atoms with van der Waals surface area (Å²) in [7, 11) is 0. The number of hydrogen-bond acceptors (Lipinski definition) is 6. The van der Waals surface area contributed by atoms with Crippen molar-refractivity contribution in [2.45, 2.75) is 38.9 Å². The van der Waals surface area contributed by atoms with E-state index in [1.54, 1.807) is 6.20 Å². The molecule has 0 aliphatic carbocycles. The maximum atomic E-state index is 4.66. The summed E-state index contributed by atoms with van der Waals surface area (Å²) in [6.45, 7) is 5.90. The van der Waals surface area contributed by atoms with Gasteiger partial charge in [0.2, 0.25) is 5.95 Å². The van der Waals surface area contributed by atoms with E-state index in [1.165, 1.54) is 5.56 Å². The highest BCUT2D eigenvalue weighted by Crippen LogP contribution is 2.19. The van der Waals surface area contributed by atoms with Crippen LogP contribution >= 0.6 is 0 Å². The minimum atomic E-state index is 0.447. The van der Waals surface area contributed by atoms with E-state index in [0.717, 1.165) is 49.6 Å². The summed E-state index contributed by atoms with van der Waals surface area (Å²) in [4.78, 5) is 15.8. The fourth-order valence-corrected chi connectivity index (χ4v) is 3.69. The molecule has 150 valence electrons. The molecule has 3 aromatic rings. The Morgan fingerprint density at radius 1 is 1.00 bits per heavy atom. The van der Waals surface area contributed by atoms with E-state index >= 15 is 0 Å². The molecule has 29 heavy (non-hydrogen) atoms. The number of rotatable bonds is 7. The van der Waals surface area contributed by atoms with Crippen LogP contribution < -0.4 is 10.6 Å². The van der Waals surface area contributed by atoms with E-state index in [1.807, 2.05) is 31.3 Å². The third kappa shape index (κ3) is 5.74. The highest BCUT2D eigenvalue weighted by atomic mass is 15.2. The summed E-state index contributed by atoms with van der Waals surface area (Å²) in [5.41, 5.74) is 3.45. The summed E-state index contributed by atoms with van der Waals surface area (Å²) in [5.74, 6) is 1.55. The third-order valence-electron chi connectivity index (χ3n) is 5.22. The predicted molar refractivity (Wildman–Crippen MR) is 117 cm³/mol. The van der Waals surface area contributed by atoms with Gasteiger partial charge in [0.15, 0.2) is 0 Å². The molecule has 1 fully saturated rings. The first-order chi connectivity index (χ1) is 14.2. The second-order valence-corrected chi connectivity index (χ2v) is 7.61. The van der Waals surface area contributed by atoms with E-state index in [0.29, 0.717) is 18.5 Å². The molecule has 1 aliphatic rings. The van der Waals surface area contributed by atoms with Crippen molar-refractivity contribution in [2.24, 2.45) is 0 Å². The van der Waals surface area contributed by atoms with Crippen LogP contribution in [0, 0.1) is 6.92 Å². The second kappa shape index (κ2) is 9.47. The Kier molecular flexibility index (Phi) is 6.32. The number of piperidine rings is 1. The van der Waals surface area contributed by atoms with E-state index in [2.05, 4.69) is 60.8 Å². The summed E-state index contributed by atoms with van der Waals surface area (Å²) in [6.07, 6.45) is 5.87. The molecular formula is C23H28N6. The van der Waals surface area contributed by atoms with Crippen molar-refractivity contribution >= 4 is 11.8 Å². The van der Waals surface area contributed by atoms with Gasteiger partial charge in [-0.15, -0.1) is 0 Å². The molecule has 0 spiro atoms. The highest BCUT2D eigenvalue weighted by Gasteiger charge is 2.19.